The highest BCUT2D eigenvalue weighted by Gasteiger charge is 2.48. The lowest BCUT2D eigenvalue weighted by atomic mass is 9.76. The van der Waals surface area contributed by atoms with E-state index in [4.69, 9.17) is 5.73 Å². The van der Waals surface area contributed by atoms with Crippen molar-refractivity contribution in [3.63, 3.8) is 0 Å². The lowest BCUT2D eigenvalue weighted by Crippen LogP contribution is -2.62. The van der Waals surface area contributed by atoms with Crippen molar-refractivity contribution in [1.29, 1.82) is 0 Å². The summed E-state index contributed by atoms with van der Waals surface area (Å²) in [6.07, 6.45) is 3.82. The Bertz CT molecular complexity index is 243. The Balaban J connectivity index is 2.17. The normalized spacial score (nSPS) is 40.3. The molecular formula is C13H27N3. The number of nitrogens with zero attached hydrogens (tertiary/aromatic N) is 2. The first kappa shape index (κ1) is 12.3. The molecule has 2 rings (SSSR count). The monoisotopic (exact) mass is 225 g/mol. The summed E-state index contributed by atoms with van der Waals surface area (Å²) in [5.41, 5.74) is 6.44. The fraction of sp³-hybridized carbons (Fsp3) is 1.00. The Morgan fingerprint density at radius 1 is 1.50 bits per heavy atom. The molecule has 2 bridgehead atoms. The Kier molecular flexibility index (Phi) is 3.57. The predicted octanol–water partition coefficient (Wildman–Crippen LogP) is 1.14. The SMILES string of the molecule is CCC(C)N(C)C1(CN)CCN2CCC1C2. The number of rotatable bonds is 4. The topological polar surface area (TPSA) is 32.5 Å². The molecule has 16 heavy (non-hydrogen) atoms. The molecule has 4 atom stereocenters. The Hall–Kier alpha value is -0.120. The number of hydrogen-bond donors (Lipinski definition) is 1. The lowest BCUT2D eigenvalue weighted by molar-refractivity contribution is 0.00132. The van der Waals surface area contributed by atoms with Gasteiger partial charge in [-0.1, -0.05) is 6.92 Å². The van der Waals surface area contributed by atoms with Crippen LogP contribution < -0.4 is 5.73 Å². The third kappa shape index (κ3) is 1.79. The van der Waals surface area contributed by atoms with E-state index in [1.54, 1.807) is 0 Å². The summed E-state index contributed by atoms with van der Waals surface area (Å²) in [4.78, 5) is 5.18. The zero-order valence-corrected chi connectivity index (χ0v) is 11.1. The molecule has 4 unspecified atom stereocenters. The van der Waals surface area contributed by atoms with Gasteiger partial charge in [0.1, 0.15) is 0 Å². The minimum atomic E-state index is 0.280. The Labute approximate surface area is 100.0 Å². The van der Waals surface area contributed by atoms with Crippen molar-refractivity contribution in [3.05, 3.63) is 0 Å². The highest BCUT2D eigenvalue weighted by molar-refractivity contribution is 5.05. The number of likely N-dealkylation sites (N-methyl/N-ethyl adjacent to an activating group) is 1. The highest BCUT2D eigenvalue weighted by Crippen LogP contribution is 2.39. The molecule has 0 aromatic carbocycles. The van der Waals surface area contributed by atoms with Gasteiger partial charge < -0.3 is 10.6 Å². The molecule has 0 aromatic heterocycles. The fourth-order valence-electron chi connectivity index (χ4n) is 3.62. The van der Waals surface area contributed by atoms with Crippen LogP contribution in [0.5, 0.6) is 0 Å². The van der Waals surface area contributed by atoms with Crippen LogP contribution in [0.25, 0.3) is 0 Å². The van der Waals surface area contributed by atoms with E-state index in [9.17, 15) is 0 Å². The van der Waals surface area contributed by atoms with Crippen LogP contribution >= 0.6 is 0 Å². The average Bonchev–Trinajstić information content (AvgIpc) is 2.72. The van der Waals surface area contributed by atoms with Crippen LogP contribution in [0.15, 0.2) is 0 Å². The number of hydrogen-bond acceptors (Lipinski definition) is 3. The van der Waals surface area contributed by atoms with Crippen LogP contribution in [-0.4, -0.2) is 54.6 Å². The zero-order chi connectivity index (χ0) is 11.8. The summed E-state index contributed by atoms with van der Waals surface area (Å²) >= 11 is 0. The standard InChI is InChI=1S/C13H27N3/c1-4-11(2)15(3)13(10-14)6-8-16-7-5-12(13)9-16/h11-12H,4-10,14H2,1-3H3. The molecule has 0 radical (unpaired) electrons. The van der Waals surface area contributed by atoms with Crippen molar-refractivity contribution in [3.8, 4) is 0 Å². The molecule has 2 aliphatic heterocycles. The summed E-state index contributed by atoms with van der Waals surface area (Å²) in [6, 6.07) is 0.649. The van der Waals surface area contributed by atoms with Gasteiger partial charge in [0.15, 0.2) is 0 Å². The summed E-state index contributed by atoms with van der Waals surface area (Å²) in [5, 5.41) is 0. The van der Waals surface area contributed by atoms with Crippen LogP contribution in [0, 0.1) is 5.92 Å². The third-order valence-corrected chi connectivity index (χ3v) is 5.20. The molecule has 3 heteroatoms. The van der Waals surface area contributed by atoms with Crippen molar-refractivity contribution in [2.24, 2.45) is 11.7 Å². The zero-order valence-electron chi connectivity index (χ0n) is 11.1. The fourth-order valence-corrected chi connectivity index (χ4v) is 3.62. The van der Waals surface area contributed by atoms with Crippen molar-refractivity contribution in [2.45, 2.75) is 44.7 Å². The van der Waals surface area contributed by atoms with Gasteiger partial charge in [-0.15, -0.1) is 0 Å². The number of nitrogens with two attached hydrogens (primary N) is 1. The second-order valence-corrected chi connectivity index (χ2v) is 5.71. The minimum absolute atomic E-state index is 0.280. The van der Waals surface area contributed by atoms with Crippen molar-refractivity contribution in [1.82, 2.24) is 9.80 Å². The van der Waals surface area contributed by atoms with E-state index in [1.807, 2.05) is 0 Å². The van der Waals surface area contributed by atoms with Gasteiger partial charge in [0.25, 0.3) is 0 Å². The van der Waals surface area contributed by atoms with Gasteiger partial charge in [0.2, 0.25) is 0 Å². The predicted molar refractivity (Wildman–Crippen MR) is 68.5 cm³/mol. The van der Waals surface area contributed by atoms with Gasteiger partial charge >= 0.3 is 0 Å². The Morgan fingerprint density at radius 2 is 2.25 bits per heavy atom. The summed E-state index contributed by atoms with van der Waals surface area (Å²) in [6.45, 7) is 9.24. The average molecular weight is 225 g/mol. The van der Waals surface area contributed by atoms with E-state index in [0.29, 0.717) is 6.04 Å². The summed E-state index contributed by atoms with van der Waals surface area (Å²) in [5.74, 6) is 0.797. The second-order valence-electron chi connectivity index (χ2n) is 5.71. The quantitative estimate of drug-likeness (QED) is 0.779. The van der Waals surface area contributed by atoms with Crippen LogP contribution in [0.1, 0.15) is 33.1 Å². The minimum Gasteiger partial charge on any atom is -0.329 e. The first-order valence-electron chi connectivity index (χ1n) is 6.79. The van der Waals surface area contributed by atoms with Gasteiger partial charge in [-0.05, 0) is 52.2 Å². The molecule has 0 aliphatic carbocycles. The largest absolute Gasteiger partial charge is 0.329 e. The van der Waals surface area contributed by atoms with Crippen LogP contribution in [0.2, 0.25) is 0 Å². The van der Waals surface area contributed by atoms with Crippen molar-refractivity contribution >= 4 is 0 Å². The van der Waals surface area contributed by atoms with E-state index in [-0.39, 0.29) is 5.54 Å². The van der Waals surface area contributed by atoms with Crippen LogP contribution in [0.3, 0.4) is 0 Å². The maximum Gasteiger partial charge on any atom is 0.0384 e. The van der Waals surface area contributed by atoms with Crippen LogP contribution in [0.4, 0.5) is 0 Å². The molecule has 94 valence electrons. The van der Waals surface area contributed by atoms with E-state index >= 15 is 0 Å². The first-order chi connectivity index (χ1) is 7.64. The molecule has 3 nitrogen and oxygen atoms in total. The highest BCUT2D eigenvalue weighted by atomic mass is 15.3. The molecule has 2 heterocycles. The Morgan fingerprint density at radius 3 is 2.88 bits per heavy atom. The van der Waals surface area contributed by atoms with E-state index in [1.165, 1.54) is 38.9 Å². The van der Waals surface area contributed by atoms with Gasteiger partial charge in [-0.2, -0.15) is 0 Å². The molecular weight excluding hydrogens is 198 g/mol. The molecule has 2 saturated heterocycles. The van der Waals surface area contributed by atoms with E-state index in [2.05, 4.69) is 30.7 Å². The lowest BCUT2D eigenvalue weighted by Gasteiger charge is -2.50. The molecule has 2 aliphatic rings. The van der Waals surface area contributed by atoms with E-state index < -0.39 is 0 Å². The molecule has 2 fully saturated rings. The maximum absolute atomic E-state index is 6.16. The smallest absolute Gasteiger partial charge is 0.0384 e. The van der Waals surface area contributed by atoms with Gasteiger partial charge in [-0.25, -0.2) is 0 Å². The van der Waals surface area contributed by atoms with Gasteiger partial charge in [0.05, 0.1) is 0 Å². The molecule has 2 N–H and O–H groups in total. The van der Waals surface area contributed by atoms with Gasteiger partial charge in [-0.3, -0.25) is 4.90 Å². The van der Waals surface area contributed by atoms with Crippen molar-refractivity contribution in [2.75, 3.05) is 33.2 Å². The first-order valence-corrected chi connectivity index (χ1v) is 6.79. The molecule has 0 saturated carbocycles. The number of fused-ring (bicyclic) bond motifs is 2. The molecule has 0 spiro atoms. The molecule has 0 amide bonds. The molecule has 0 aromatic rings. The van der Waals surface area contributed by atoms with Crippen molar-refractivity contribution < 1.29 is 0 Å². The van der Waals surface area contributed by atoms with Gasteiger partial charge in [0, 0.05) is 24.7 Å². The summed E-state index contributed by atoms with van der Waals surface area (Å²) in [7, 11) is 2.29. The number of piperidine rings is 1. The summed E-state index contributed by atoms with van der Waals surface area (Å²) < 4.78 is 0. The van der Waals surface area contributed by atoms with E-state index in [0.717, 1.165) is 12.5 Å². The van der Waals surface area contributed by atoms with Crippen LogP contribution in [-0.2, 0) is 0 Å². The maximum atomic E-state index is 6.16. The third-order valence-electron chi connectivity index (χ3n) is 5.20. The second kappa shape index (κ2) is 4.63.